The average Bonchev–Trinajstić information content (AvgIpc) is 2.55. The van der Waals surface area contributed by atoms with Crippen molar-refractivity contribution in [2.24, 2.45) is 5.73 Å². The zero-order valence-electron chi connectivity index (χ0n) is 12.1. The van der Waals surface area contributed by atoms with Crippen molar-refractivity contribution in [2.45, 2.75) is 4.90 Å². The van der Waals surface area contributed by atoms with Crippen molar-refractivity contribution in [1.29, 1.82) is 0 Å². The lowest BCUT2D eigenvalue weighted by Gasteiger charge is -2.11. The van der Waals surface area contributed by atoms with Gasteiger partial charge >= 0.3 is 0 Å². The number of thiocarbonyl (C=S) groups is 1. The molecule has 0 fully saturated rings. The average molecular weight is 342 g/mol. The van der Waals surface area contributed by atoms with Crippen LogP contribution in [0, 0.1) is 0 Å². The molecule has 0 aromatic heterocycles. The van der Waals surface area contributed by atoms with Crippen molar-refractivity contribution < 1.29 is 8.42 Å². The zero-order chi connectivity index (χ0) is 16.4. The molecular weight excluding hydrogens is 328 g/mol. The van der Waals surface area contributed by atoms with Crippen LogP contribution in [0.5, 0.6) is 0 Å². The first-order chi connectivity index (χ1) is 11.0. The van der Waals surface area contributed by atoms with Crippen molar-refractivity contribution >= 4 is 43.7 Å². The summed E-state index contributed by atoms with van der Waals surface area (Å²) in [4.78, 5) is 0.390. The third-order valence-electron chi connectivity index (χ3n) is 3.48. The van der Waals surface area contributed by atoms with E-state index in [1.54, 1.807) is 18.2 Å². The molecule has 0 heterocycles. The molecule has 0 aliphatic rings. The molecular formula is C17H14N2O2S2. The van der Waals surface area contributed by atoms with Gasteiger partial charge < -0.3 is 5.73 Å². The van der Waals surface area contributed by atoms with Gasteiger partial charge in [0.15, 0.2) is 0 Å². The Morgan fingerprint density at radius 2 is 1.57 bits per heavy atom. The molecule has 0 atom stereocenters. The third-order valence-corrected chi connectivity index (χ3v) is 5.10. The van der Waals surface area contributed by atoms with Gasteiger partial charge in [0.25, 0.3) is 10.0 Å². The number of nitrogens with two attached hydrogens (primary N) is 1. The van der Waals surface area contributed by atoms with Gasteiger partial charge in [0.05, 0.1) is 10.6 Å². The molecule has 116 valence electrons. The number of sulfonamides is 1. The lowest BCUT2D eigenvalue weighted by Crippen LogP contribution is -2.14. The molecule has 0 aliphatic heterocycles. The second-order valence-corrected chi connectivity index (χ2v) is 7.14. The van der Waals surface area contributed by atoms with Crippen molar-refractivity contribution in [2.75, 3.05) is 4.72 Å². The van der Waals surface area contributed by atoms with E-state index in [4.69, 9.17) is 18.0 Å². The van der Waals surface area contributed by atoms with Crippen molar-refractivity contribution in [3.8, 4) is 0 Å². The van der Waals surface area contributed by atoms with Gasteiger partial charge in [-0.3, -0.25) is 4.72 Å². The van der Waals surface area contributed by atoms with Gasteiger partial charge in [-0.2, -0.15) is 0 Å². The fourth-order valence-corrected chi connectivity index (χ4v) is 3.53. The van der Waals surface area contributed by atoms with Crippen LogP contribution in [0.25, 0.3) is 10.8 Å². The van der Waals surface area contributed by atoms with Crippen LogP contribution < -0.4 is 10.5 Å². The standard InChI is InChI=1S/C17H14N2O2S2/c18-17(22)13-8-10-14(11-9-13)23(20,21)19-16-7-3-5-12-4-1-2-6-15(12)16/h1-11,19H,(H2,18,22). The van der Waals surface area contributed by atoms with E-state index in [1.165, 1.54) is 12.1 Å². The Bertz CT molecular complexity index is 976. The quantitative estimate of drug-likeness (QED) is 0.714. The molecule has 0 aliphatic carbocycles. The first-order valence-corrected chi connectivity index (χ1v) is 8.77. The highest BCUT2D eigenvalue weighted by molar-refractivity contribution is 7.92. The minimum absolute atomic E-state index is 0.158. The van der Waals surface area contributed by atoms with Crippen LogP contribution in [0.15, 0.2) is 71.6 Å². The number of anilines is 1. The van der Waals surface area contributed by atoms with Crippen LogP contribution in [0.2, 0.25) is 0 Å². The summed E-state index contributed by atoms with van der Waals surface area (Å²) in [5.74, 6) is 0. The number of hydrogen-bond acceptors (Lipinski definition) is 3. The predicted molar refractivity (Wildman–Crippen MR) is 97.1 cm³/mol. The van der Waals surface area contributed by atoms with Crippen LogP contribution >= 0.6 is 12.2 Å². The summed E-state index contributed by atoms with van der Waals surface area (Å²) in [7, 11) is -3.68. The number of hydrogen-bond donors (Lipinski definition) is 2. The van der Waals surface area contributed by atoms with Crippen LogP contribution in [0.3, 0.4) is 0 Å². The lowest BCUT2D eigenvalue weighted by molar-refractivity contribution is 0.601. The Hall–Kier alpha value is -2.44. The molecule has 6 heteroatoms. The van der Waals surface area contributed by atoms with Gasteiger partial charge in [0.1, 0.15) is 4.99 Å². The van der Waals surface area contributed by atoms with E-state index in [0.29, 0.717) is 11.3 Å². The predicted octanol–water partition coefficient (Wildman–Crippen LogP) is 3.27. The van der Waals surface area contributed by atoms with Gasteiger partial charge in [0, 0.05) is 10.9 Å². The second kappa shape index (κ2) is 5.98. The maximum Gasteiger partial charge on any atom is 0.261 e. The van der Waals surface area contributed by atoms with Crippen LogP contribution in [0.1, 0.15) is 5.56 Å². The Balaban J connectivity index is 1.98. The summed E-state index contributed by atoms with van der Waals surface area (Å²) in [6.45, 7) is 0. The molecule has 0 radical (unpaired) electrons. The molecule has 3 aromatic rings. The first-order valence-electron chi connectivity index (χ1n) is 6.88. The molecule has 23 heavy (non-hydrogen) atoms. The number of fused-ring (bicyclic) bond motifs is 1. The molecule has 3 aromatic carbocycles. The van der Waals surface area contributed by atoms with Crippen LogP contribution in [-0.4, -0.2) is 13.4 Å². The Morgan fingerprint density at radius 1 is 0.913 bits per heavy atom. The highest BCUT2D eigenvalue weighted by Gasteiger charge is 2.15. The van der Waals surface area contributed by atoms with Crippen molar-refractivity contribution in [3.05, 3.63) is 72.3 Å². The topological polar surface area (TPSA) is 72.2 Å². The van der Waals surface area contributed by atoms with Crippen molar-refractivity contribution in [3.63, 3.8) is 0 Å². The minimum Gasteiger partial charge on any atom is -0.389 e. The van der Waals surface area contributed by atoms with Crippen molar-refractivity contribution in [1.82, 2.24) is 0 Å². The smallest absolute Gasteiger partial charge is 0.261 e. The molecule has 4 nitrogen and oxygen atoms in total. The SMILES string of the molecule is NC(=S)c1ccc(S(=O)(=O)Nc2cccc3ccccc23)cc1. The monoisotopic (exact) mass is 342 g/mol. The fraction of sp³-hybridized carbons (Fsp3) is 0. The van der Waals surface area contributed by atoms with Gasteiger partial charge in [-0.05, 0) is 23.6 Å². The van der Waals surface area contributed by atoms with Gasteiger partial charge in [-0.1, -0.05) is 60.7 Å². The maximum atomic E-state index is 12.6. The van der Waals surface area contributed by atoms with E-state index >= 15 is 0 Å². The largest absolute Gasteiger partial charge is 0.389 e. The lowest BCUT2D eigenvalue weighted by atomic mass is 10.1. The molecule has 0 saturated heterocycles. The van der Waals surface area contributed by atoms with E-state index in [9.17, 15) is 8.42 Å². The summed E-state index contributed by atoms with van der Waals surface area (Å²) in [6.07, 6.45) is 0. The summed E-state index contributed by atoms with van der Waals surface area (Å²) >= 11 is 4.87. The van der Waals surface area contributed by atoms with Crippen LogP contribution in [0.4, 0.5) is 5.69 Å². The minimum atomic E-state index is -3.68. The Morgan fingerprint density at radius 3 is 2.26 bits per heavy atom. The molecule has 0 amide bonds. The molecule has 0 spiro atoms. The maximum absolute atomic E-state index is 12.6. The molecule has 0 saturated carbocycles. The zero-order valence-corrected chi connectivity index (χ0v) is 13.7. The van der Waals surface area contributed by atoms with Crippen LogP contribution in [-0.2, 0) is 10.0 Å². The molecule has 0 bridgehead atoms. The fourth-order valence-electron chi connectivity index (χ4n) is 2.32. The number of rotatable bonds is 4. The highest BCUT2D eigenvalue weighted by Crippen LogP contribution is 2.25. The second-order valence-electron chi connectivity index (χ2n) is 5.02. The van der Waals surface area contributed by atoms with E-state index in [2.05, 4.69) is 4.72 Å². The highest BCUT2D eigenvalue weighted by atomic mass is 32.2. The van der Waals surface area contributed by atoms with Gasteiger partial charge in [-0.25, -0.2) is 8.42 Å². The summed E-state index contributed by atoms with van der Waals surface area (Å²) in [5, 5.41) is 1.81. The molecule has 0 unspecified atom stereocenters. The Kier molecular flexibility index (Phi) is 4.02. The van der Waals surface area contributed by atoms with E-state index in [1.807, 2.05) is 36.4 Å². The number of nitrogens with one attached hydrogen (secondary N) is 1. The van der Waals surface area contributed by atoms with Gasteiger partial charge in [0.2, 0.25) is 0 Å². The van der Waals surface area contributed by atoms with E-state index in [0.717, 1.165) is 10.8 Å². The van der Waals surface area contributed by atoms with E-state index < -0.39 is 10.0 Å². The normalized spacial score (nSPS) is 11.3. The molecule has 3 N–H and O–H groups in total. The first kappa shape index (κ1) is 15.5. The van der Waals surface area contributed by atoms with Gasteiger partial charge in [-0.15, -0.1) is 0 Å². The summed E-state index contributed by atoms with van der Waals surface area (Å²) in [6, 6.07) is 19.3. The summed E-state index contributed by atoms with van der Waals surface area (Å²) < 4.78 is 27.7. The Labute approximate surface area is 140 Å². The van der Waals surface area contributed by atoms with E-state index in [-0.39, 0.29) is 9.88 Å². The summed E-state index contributed by atoms with van der Waals surface area (Å²) in [5.41, 5.74) is 6.70. The molecule has 3 rings (SSSR count). The number of benzene rings is 3. The third kappa shape index (κ3) is 3.18.